The van der Waals surface area contributed by atoms with Crippen LogP contribution in [0.25, 0.3) is 0 Å². The Hall–Kier alpha value is -2.20. The Morgan fingerprint density at radius 3 is 2.95 bits per heavy atom. The third kappa shape index (κ3) is 3.89. The SMILES string of the molecule is CCCC(C#N)NC(=O)c1cc([N+](=O)[O-])cnc1Cl. The summed E-state index contributed by atoms with van der Waals surface area (Å²) in [5, 5.41) is 21.8. The number of nitro groups is 1. The maximum Gasteiger partial charge on any atom is 0.288 e. The molecule has 0 saturated carbocycles. The van der Waals surface area contributed by atoms with Crippen molar-refractivity contribution in [2.75, 3.05) is 0 Å². The highest BCUT2D eigenvalue weighted by atomic mass is 35.5. The van der Waals surface area contributed by atoms with Crippen LogP contribution in [0.15, 0.2) is 12.3 Å². The van der Waals surface area contributed by atoms with Crippen molar-refractivity contribution >= 4 is 23.2 Å². The Bertz CT molecular complexity index is 541. The molecular weight excluding hydrogens is 272 g/mol. The molecule has 1 atom stereocenters. The molecule has 1 amide bonds. The minimum absolute atomic E-state index is 0.118. The maximum atomic E-state index is 11.9. The van der Waals surface area contributed by atoms with E-state index < -0.39 is 16.9 Å². The van der Waals surface area contributed by atoms with Gasteiger partial charge in [-0.3, -0.25) is 14.9 Å². The number of halogens is 1. The highest BCUT2D eigenvalue weighted by Crippen LogP contribution is 2.19. The highest BCUT2D eigenvalue weighted by Gasteiger charge is 2.19. The number of rotatable bonds is 5. The number of amides is 1. The van der Waals surface area contributed by atoms with Gasteiger partial charge >= 0.3 is 0 Å². The molecule has 0 fully saturated rings. The van der Waals surface area contributed by atoms with E-state index in [2.05, 4.69) is 10.3 Å². The van der Waals surface area contributed by atoms with E-state index in [0.29, 0.717) is 6.42 Å². The summed E-state index contributed by atoms with van der Waals surface area (Å²) in [5.41, 5.74) is -0.453. The smallest absolute Gasteiger partial charge is 0.288 e. The second kappa shape index (κ2) is 6.66. The third-order valence-electron chi connectivity index (χ3n) is 2.32. The molecule has 0 radical (unpaired) electrons. The highest BCUT2D eigenvalue weighted by molar-refractivity contribution is 6.32. The zero-order valence-electron chi connectivity index (χ0n) is 10.1. The average molecular weight is 283 g/mol. The van der Waals surface area contributed by atoms with Crippen LogP contribution in [0.1, 0.15) is 30.1 Å². The van der Waals surface area contributed by atoms with E-state index in [0.717, 1.165) is 18.7 Å². The molecule has 100 valence electrons. The van der Waals surface area contributed by atoms with Crippen LogP contribution in [0, 0.1) is 21.4 Å². The van der Waals surface area contributed by atoms with Crippen molar-refractivity contribution in [2.45, 2.75) is 25.8 Å². The molecule has 1 rings (SSSR count). The molecular formula is C11H11ClN4O3. The number of pyridine rings is 1. The summed E-state index contributed by atoms with van der Waals surface area (Å²) < 4.78 is 0. The lowest BCUT2D eigenvalue weighted by Gasteiger charge is -2.10. The van der Waals surface area contributed by atoms with Gasteiger partial charge < -0.3 is 5.32 Å². The van der Waals surface area contributed by atoms with Gasteiger partial charge in [0.05, 0.1) is 16.6 Å². The van der Waals surface area contributed by atoms with Gasteiger partial charge in [-0.15, -0.1) is 0 Å². The second-order valence-corrected chi connectivity index (χ2v) is 4.09. The van der Waals surface area contributed by atoms with E-state index in [-0.39, 0.29) is 16.4 Å². The summed E-state index contributed by atoms with van der Waals surface area (Å²) in [6.07, 6.45) is 2.18. The zero-order chi connectivity index (χ0) is 14.4. The number of nitriles is 1. The van der Waals surface area contributed by atoms with Crippen LogP contribution in [-0.2, 0) is 0 Å². The van der Waals surface area contributed by atoms with Crippen LogP contribution in [-0.4, -0.2) is 21.9 Å². The van der Waals surface area contributed by atoms with Gasteiger partial charge in [0.1, 0.15) is 17.4 Å². The van der Waals surface area contributed by atoms with Crippen LogP contribution in [0.4, 0.5) is 5.69 Å². The Labute approximate surface area is 114 Å². The summed E-state index contributed by atoms with van der Waals surface area (Å²) in [6.45, 7) is 1.87. The van der Waals surface area contributed by atoms with Crippen molar-refractivity contribution < 1.29 is 9.72 Å². The maximum absolute atomic E-state index is 11.9. The predicted octanol–water partition coefficient (Wildman–Crippen LogP) is 2.07. The number of hydrogen-bond donors (Lipinski definition) is 1. The minimum atomic E-state index is -0.673. The first-order valence-electron chi connectivity index (χ1n) is 5.50. The summed E-state index contributed by atoms with van der Waals surface area (Å²) >= 11 is 5.72. The number of hydrogen-bond acceptors (Lipinski definition) is 5. The van der Waals surface area contributed by atoms with Crippen molar-refractivity contribution in [3.8, 4) is 6.07 Å². The Morgan fingerprint density at radius 1 is 1.74 bits per heavy atom. The lowest BCUT2D eigenvalue weighted by molar-refractivity contribution is -0.385. The van der Waals surface area contributed by atoms with Crippen LogP contribution >= 0.6 is 11.6 Å². The van der Waals surface area contributed by atoms with Gasteiger partial charge in [0.2, 0.25) is 0 Å². The number of nitrogens with one attached hydrogen (secondary N) is 1. The molecule has 1 heterocycles. The van der Waals surface area contributed by atoms with E-state index in [1.165, 1.54) is 0 Å². The topological polar surface area (TPSA) is 109 Å². The van der Waals surface area contributed by atoms with Crippen molar-refractivity contribution in [3.63, 3.8) is 0 Å². The molecule has 19 heavy (non-hydrogen) atoms. The van der Waals surface area contributed by atoms with Crippen molar-refractivity contribution in [3.05, 3.63) is 33.1 Å². The van der Waals surface area contributed by atoms with E-state index in [4.69, 9.17) is 16.9 Å². The molecule has 0 bridgehead atoms. The predicted molar refractivity (Wildman–Crippen MR) is 67.7 cm³/mol. The fraction of sp³-hybridized carbons (Fsp3) is 0.364. The van der Waals surface area contributed by atoms with Crippen LogP contribution < -0.4 is 5.32 Å². The number of nitrogens with zero attached hydrogens (tertiary/aromatic N) is 3. The lowest BCUT2D eigenvalue weighted by Crippen LogP contribution is -2.33. The molecule has 1 unspecified atom stereocenters. The molecule has 0 aromatic carbocycles. The molecule has 7 nitrogen and oxygen atoms in total. The summed E-state index contributed by atoms with van der Waals surface area (Å²) in [6, 6.07) is 2.30. The van der Waals surface area contributed by atoms with Gasteiger partial charge in [-0.25, -0.2) is 4.98 Å². The molecule has 0 aliphatic carbocycles. The lowest BCUT2D eigenvalue weighted by atomic mass is 10.1. The minimum Gasteiger partial charge on any atom is -0.336 e. The monoisotopic (exact) mass is 282 g/mol. The quantitative estimate of drug-likeness (QED) is 0.505. The first-order chi connectivity index (χ1) is 8.99. The normalized spacial score (nSPS) is 11.4. The van der Waals surface area contributed by atoms with Crippen molar-refractivity contribution in [2.24, 2.45) is 0 Å². The standard InChI is InChI=1S/C11H11ClN4O3/c1-2-3-7(5-13)15-11(17)9-4-8(16(18)19)6-14-10(9)12/h4,6-7H,2-3H2,1H3,(H,15,17). The van der Waals surface area contributed by atoms with Crippen LogP contribution in [0.3, 0.4) is 0 Å². The van der Waals surface area contributed by atoms with Crippen molar-refractivity contribution in [1.82, 2.24) is 10.3 Å². The molecule has 1 N–H and O–H groups in total. The Kier molecular flexibility index (Phi) is 5.21. The second-order valence-electron chi connectivity index (χ2n) is 3.73. The third-order valence-corrected chi connectivity index (χ3v) is 2.62. The molecule has 0 aliphatic rings. The fourth-order valence-electron chi connectivity index (χ4n) is 1.39. The number of aromatic nitrogens is 1. The van der Waals surface area contributed by atoms with Gasteiger partial charge in [-0.2, -0.15) is 5.26 Å². The summed E-state index contributed by atoms with van der Waals surface area (Å²) in [5.74, 6) is -0.652. The van der Waals surface area contributed by atoms with Gasteiger partial charge in [-0.05, 0) is 6.42 Å². The van der Waals surface area contributed by atoms with Gasteiger partial charge in [0.25, 0.3) is 11.6 Å². The van der Waals surface area contributed by atoms with Gasteiger partial charge in [0.15, 0.2) is 0 Å². The first-order valence-corrected chi connectivity index (χ1v) is 5.87. The molecule has 0 aliphatic heterocycles. The molecule has 0 spiro atoms. The van der Waals surface area contributed by atoms with E-state index in [9.17, 15) is 14.9 Å². The van der Waals surface area contributed by atoms with Crippen molar-refractivity contribution in [1.29, 1.82) is 5.26 Å². The largest absolute Gasteiger partial charge is 0.336 e. The Balaban J connectivity index is 2.96. The van der Waals surface area contributed by atoms with E-state index >= 15 is 0 Å². The Morgan fingerprint density at radius 2 is 2.42 bits per heavy atom. The van der Waals surface area contributed by atoms with E-state index in [1.807, 2.05) is 13.0 Å². The van der Waals surface area contributed by atoms with Crippen LogP contribution in [0.2, 0.25) is 5.15 Å². The van der Waals surface area contributed by atoms with Gasteiger partial charge in [0, 0.05) is 6.07 Å². The first kappa shape index (κ1) is 14.9. The number of carbonyl (C=O) groups excluding carboxylic acids is 1. The molecule has 1 aromatic rings. The summed E-state index contributed by atoms with van der Waals surface area (Å²) in [7, 11) is 0. The molecule has 0 saturated heterocycles. The molecule has 1 aromatic heterocycles. The van der Waals surface area contributed by atoms with E-state index in [1.54, 1.807) is 0 Å². The average Bonchev–Trinajstić information content (AvgIpc) is 2.38. The summed E-state index contributed by atoms with van der Waals surface area (Å²) in [4.78, 5) is 25.4. The zero-order valence-corrected chi connectivity index (χ0v) is 10.8. The fourth-order valence-corrected chi connectivity index (χ4v) is 1.58. The number of carbonyl (C=O) groups is 1. The van der Waals surface area contributed by atoms with Crippen LogP contribution in [0.5, 0.6) is 0 Å². The molecule has 8 heteroatoms. The van der Waals surface area contributed by atoms with Gasteiger partial charge in [-0.1, -0.05) is 24.9 Å².